The highest BCUT2D eigenvalue weighted by Crippen LogP contribution is 2.15. The molecule has 2 aromatic rings. The molecule has 2 rings (SSSR count). The van der Waals surface area contributed by atoms with Gasteiger partial charge in [0, 0.05) is 32.2 Å². The highest BCUT2D eigenvalue weighted by atomic mass is 127. The second-order valence-electron chi connectivity index (χ2n) is 6.75. The zero-order valence-electron chi connectivity index (χ0n) is 17.7. The van der Waals surface area contributed by atoms with Gasteiger partial charge in [-0.05, 0) is 29.7 Å². The highest BCUT2D eigenvalue weighted by Gasteiger charge is 2.27. The molecule has 2 aromatic carbocycles. The van der Waals surface area contributed by atoms with Crippen LogP contribution >= 0.6 is 24.0 Å². The SMILES string of the molecule is CN=C(NCCCNC(=O)c1ccccc1)NCc1ccc(COCC(F)(F)F)cc1.I. The van der Waals surface area contributed by atoms with Gasteiger partial charge in [-0.3, -0.25) is 9.79 Å². The first-order valence-corrected chi connectivity index (χ1v) is 9.87. The number of amides is 1. The summed E-state index contributed by atoms with van der Waals surface area (Å²) < 4.78 is 40.9. The Morgan fingerprint density at radius 3 is 2.19 bits per heavy atom. The molecule has 0 saturated carbocycles. The maximum absolute atomic E-state index is 12.1. The molecule has 0 aromatic heterocycles. The molecule has 0 atom stereocenters. The van der Waals surface area contributed by atoms with Gasteiger partial charge in [0.15, 0.2) is 5.96 Å². The maximum atomic E-state index is 12.1. The van der Waals surface area contributed by atoms with Crippen molar-refractivity contribution >= 4 is 35.8 Å². The van der Waals surface area contributed by atoms with Crippen LogP contribution in [0.25, 0.3) is 0 Å². The topological polar surface area (TPSA) is 74.8 Å². The summed E-state index contributed by atoms with van der Waals surface area (Å²) in [5.74, 6) is 0.516. The van der Waals surface area contributed by atoms with Crippen molar-refractivity contribution in [1.82, 2.24) is 16.0 Å². The monoisotopic (exact) mass is 564 g/mol. The predicted octanol–water partition coefficient (Wildman–Crippen LogP) is 3.87. The van der Waals surface area contributed by atoms with Crippen molar-refractivity contribution in [1.29, 1.82) is 0 Å². The Hall–Kier alpha value is -2.34. The van der Waals surface area contributed by atoms with Gasteiger partial charge in [0.1, 0.15) is 6.61 Å². The number of nitrogens with zero attached hydrogens (tertiary/aromatic N) is 1. The lowest BCUT2D eigenvalue weighted by atomic mass is 10.1. The van der Waals surface area contributed by atoms with Crippen LogP contribution < -0.4 is 16.0 Å². The van der Waals surface area contributed by atoms with E-state index in [-0.39, 0.29) is 36.5 Å². The van der Waals surface area contributed by atoms with Crippen molar-refractivity contribution in [2.75, 3.05) is 26.7 Å². The molecule has 176 valence electrons. The van der Waals surface area contributed by atoms with Crippen LogP contribution in [0.5, 0.6) is 0 Å². The minimum atomic E-state index is -4.32. The largest absolute Gasteiger partial charge is 0.411 e. The molecule has 0 spiro atoms. The van der Waals surface area contributed by atoms with E-state index in [1.165, 1.54) is 0 Å². The number of hydrogen-bond acceptors (Lipinski definition) is 3. The molecule has 10 heteroatoms. The van der Waals surface area contributed by atoms with Crippen molar-refractivity contribution in [2.45, 2.75) is 25.7 Å². The minimum absolute atomic E-state index is 0. The van der Waals surface area contributed by atoms with Gasteiger partial charge in [0.05, 0.1) is 6.61 Å². The molecule has 0 aliphatic heterocycles. The fraction of sp³-hybridized carbons (Fsp3) is 0.364. The van der Waals surface area contributed by atoms with Crippen LogP contribution in [0.3, 0.4) is 0 Å². The molecule has 1 amide bonds. The first-order chi connectivity index (χ1) is 14.9. The van der Waals surface area contributed by atoms with Gasteiger partial charge in [-0.15, -0.1) is 24.0 Å². The van der Waals surface area contributed by atoms with Gasteiger partial charge >= 0.3 is 6.18 Å². The van der Waals surface area contributed by atoms with Crippen LogP contribution in [-0.2, 0) is 17.9 Å². The third-order valence-electron chi connectivity index (χ3n) is 4.21. The second kappa shape index (κ2) is 14.7. The van der Waals surface area contributed by atoms with Crippen LogP contribution in [0.2, 0.25) is 0 Å². The van der Waals surface area contributed by atoms with E-state index in [9.17, 15) is 18.0 Å². The van der Waals surface area contributed by atoms with Gasteiger partial charge in [-0.2, -0.15) is 13.2 Å². The van der Waals surface area contributed by atoms with Crippen molar-refractivity contribution in [3.63, 3.8) is 0 Å². The quantitative estimate of drug-likeness (QED) is 0.177. The Morgan fingerprint density at radius 1 is 0.938 bits per heavy atom. The van der Waals surface area contributed by atoms with Gasteiger partial charge in [-0.1, -0.05) is 42.5 Å². The Bertz CT molecular complexity index is 831. The summed E-state index contributed by atoms with van der Waals surface area (Å²) in [5, 5.41) is 9.20. The number of aliphatic imine (C=N–C) groups is 1. The fourth-order valence-electron chi connectivity index (χ4n) is 2.63. The summed E-state index contributed by atoms with van der Waals surface area (Å²) in [6, 6.07) is 16.2. The Labute approximate surface area is 203 Å². The van der Waals surface area contributed by atoms with Crippen LogP contribution in [0, 0.1) is 0 Å². The number of rotatable bonds is 10. The van der Waals surface area contributed by atoms with Gasteiger partial charge in [0.25, 0.3) is 5.91 Å². The average molecular weight is 564 g/mol. The number of ether oxygens (including phenoxy) is 1. The van der Waals surface area contributed by atoms with Crippen LogP contribution in [-0.4, -0.2) is 44.8 Å². The summed E-state index contributed by atoms with van der Waals surface area (Å²) in [7, 11) is 1.66. The molecule has 3 N–H and O–H groups in total. The molecule has 0 saturated heterocycles. The van der Waals surface area contributed by atoms with Gasteiger partial charge in [-0.25, -0.2) is 0 Å². The molecule has 32 heavy (non-hydrogen) atoms. The normalized spacial score (nSPS) is 11.4. The lowest BCUT2D eigenvalue weighted by Crippen LogP contribution is -2.38. The average Bonchev–Trinajstić information content (AvgIpc) is 2.76. The molecular weight excluding hydrogens is 536 g/mol. The maximum Gasteiger partial charge on any atom is 0.411 e. The zero-order chi connectivity index (χ0) is 22.5. The van der Waals surface area contributed by atoms with Crippen molar-refractivity contribution in [3.8, 4) is 0 Å². The summed E-state index contributed by atoms with van der Waals surface area (Å²) in [6.07, 6.45) is -3.59. The van der Waals surface area contributed by atoms with E-state index in [0.717, 1.165) is 12.0 Å². The second-order valence-corrected chi connectivity index (χ2v) is 6.75. The van der Waals surface area contributed by atoms with Gasteiger partial charge < -0.3 is 20.7 Å². The zero-order valence-corrected chi connectivity index (χ0v) is 20.1. The molecule has 0 heterocycles. The summed E-state index contributed by atoms with van der Waals surface area (Å²) >= 11 is 0. The van der Waals surface area contributed by atoms with Crippen LogP contribution in [0.15, 0.2) is 59.6 Å². The third kappa shape index (κ3) is 11.3. The van der Waals surface area contributed by atoms with E-state index in [2.05, 4.69) is 25.7 Å². The first-order valence-electron chi connectivity index (χ1n) is 9.87. The van der Waals surface area contributed by atoms with Crippen LogP contribution in [0.1, 0.15) is 27.9 Å². The Kier molecular flexibility index (Phi) is 12.7. The van der Waals surface area contributed by atoms with Gasteiger partial charge in [0.2, 0.25) is 0 Å². The number of hydrogen-bond donors (Lipinski definition) is 3. The third-order valence-corrected chi connectivity index (χ3v) is 4.21. The molecule has 0 aliphatic carbocycles. The summed E-state index contributed by atoms with van der Waals surface area (Å²) in [6.45, 7) is 0.333. The van der Waals surface area contributed by atoms with Crippen LogP contribution in [0.4, 0.5) is 13.2 Å². The van der Waals surface area contributed by atoms with Crippen molar-refractivity contribution in [3.05, 3.63) is 71.3 Å². The number of benzene rings is 2. The number of carbonyl (C=O) groups is 1. The Morgan fingerprint density at radius 2 is 1.56 bits per heavy atom. The fourth-order valence-corrected chi connectivity index (χ4v) is 2.63. The highest BCUT2D eigenvalue weighted by molar-refractivity contribution is 14.0. The predicted molar refractivity (Wildman–Crippen MR) is 129 cm³/mol. The minimum Gasteiger partial charge on any atom is -0.367 e. The summed E-state index contributed by atoms with van der Waals surface area (Å²) in [5.41, 5.74) is 2.26. The molecule has 6 nitrogen and oxygen atoms in total. The van der Waals surface area contributed by atoms with E-state index >= 15 is 0 Å². The van der Waals surface area contributed by atoms with E-state index in [4.69, 9.17) is 0 Å². The van der Waals surface area contributed by atoms with E-state index < -0.39 is 12.8 Å². The van der Waals surface area contributed by atoms with Crippen molar-refractivity contribution < 1.29 is 22.7 Å². The number of alkyl halides is 3. The van der Waals surface area contributed by atoms with E-state index in [0.29, 0.717) is 36.7 Å². The number of carbonyl (C=O) groups excluding carboxylic acids is 1. The standard InChI is InChI=1S/C22H27F3N4O2.HI/c1-26-21(28-13-5-12-27-20(30)19-6-3-2-4-7-19)29-14-17-8-10-18(11-9-17)15-31-16-22(23,24)25;/h2-4,6-11H,5,12-16H2,1H3,(H,27,30)(H2,26,28,29);1H. The summed E-state index contributed by atoms with van der Waals surface area (Å²) in [4.78, 5) is 16.1. The molecular formula is C22H28F3IN4O2. The molecule has 0 radical (unpaired) electrons. The molecule has 0 unspecified atom stereocenters. The van der Waals surface area contributed by atoms with Crippen molar-refractivity contribution in [2.24, 2.45) is 4.99 Å². The van der Waals surface area contributed by atoms with E-state index in [1.807, 2.05) is 30.3 Å². The Balaban J connectivity index is 0.00000512. The lowest BCUT2D eigenvalue weighted by molar-refractivity contribution is -0.176. The smallest absolute Gasteiger partial charge is 0.367 e. The first kappa shape index (κ1) is 27.7. The number of nitrogens with one attached hydrogen (secondary N) is 3. The lowest BCUT2D eigenvalue weighted by Gasteiger charge is -2.13. The molecule has 0 fully saturated rings. The molecule has 0 bridgehead atoms. The molecule has 0 aliphatic rings. The number of guanidine groups is 1. The van der Waals surface area contributed by atoms with E-state index in [1.54, 1.807) is 31.3 Å². The number of halogens is 4.